The number of nitrogens with zero attached hydrogens (tertiary/aromatic N) is 3. The molecule has 1 amide bonds. The van der Waals surface area contributed by atoms with E-state index in [9.17, 15) is 14.7 Å². The maximum absolute atomic E-state index is 13.7. The van der Waals surface area contributed by atoms with Gasteiger partial charge >= 0.3 is 5.97 Å². The average molecular weight is 762 g/mol. The topological polar surface area (TPSA) is 73.2 Å². The molecule has 0 aromatic heterocycles. The number of amides is 1. The Morgan fingerprint density at radius 2 is 1.09 bits per heavy atom. The van der Waals surface area contributed by atoms with Gasteiger partial charge in [-0.1, -0.05) is 118 Å². The van der Waals surface area contributed by atoms with Gasteiger partial charge in [0.05, 0.1) is 11.3 Å². The number of carbonyl (C=O) groups excluding carboxylic acids is 1. The van der Waals surface area contributed by atoms with Crippen LogP contribution >= 0.6 is 0 Å². The van der Waals surface area contributed by atoms with Gasteiger partial charge in [-0.05, 0) is 137 Å². The molecule has 3 aliphatic rings. The maximum Gasteiger partial charge on any atom is 0.357 e. The van der Waals surface area contributed by atoms with E-state index in [4.69, 9.17) is 0 Å². The van der Waals surface area contributed by atoms with Gasteiger partial charge in [-0.25, -0.2) is 4.79 Å². The fourth-order valence-corrected chi connectivity index (χ4v) is 10.1. The predicted molar refractivity (Wildman–Crippen MR) is 236 cm³/mol. The molecule has 0 bridgehead atoms. The molecule has 6 heteroatoms. The molecule has 1 aliphatic heterocycles. The van der Waals surface area contributed by atoms with E-state index in [1.807, 2.05) is 31.2 Å². The van der Waals surface area contributed by atoms with Crippen LogP contribution in [0.15, 0.2) is 144 Å². The van der Waals surface area contributed by atoms with E-state index in [0.29, 0.717) is 11.3 Å². The number of hydrogen-bond acceptors (Lipinski definition) is 4. The zero-order chi connectivity index (χ0) is 40.3. The molecule has 9 rings (SSSR count). The summed E-state index contributed by atoms with van der Waals surface area (Å²) in [7, 11) is 0. The van der Waals surface area contributed by atoms with Gasteiger partial charge in [0.1, 0.15) is 0 Å². The van der Waals surface area contributed by atoms with E-state index in [0.717, 1.165) is 48.3 Å². The van der Waals surface area contributed by atoms with Crippen LogP contribution in [0.3, 0.4) is 0 Å². The molecule has 0 radical (unpaired) electrons. The number of benzene rings is 6. The van der Waals surface area contributed by atoms with Gasteiger partial charge in [-0.3, -0.25) is 4.79 Å². The molecule has 58 heavy (non-hydrogen) atoms. The van der Waals surface area contributed by atoms with Crippen LogP contribution < -0.4 is 9.91 Å². The van der Waals surface area contributed by atoms with Crippen LogP contribution in [0.4, 0.5) is 22.7 Å². The summed E-state index contributed by atoms with van der Waals surface area (Å²) in [6.07, 6.45) is 5.61. The summed E-state index contributed by atoms with van der Waals surface area (Å²) in [5, 5.41) is 15.5. The van der Waals surface area contributed by atoms with E-state index in [-0.39, 0.29) is 22.1 Å². The van der Waals surface area contributed by atoms with Crippen molar-refractivity contribution in [1.29, 1.82) is 0 Å². The van der Waals surface area contributed by atoms with Crippen molar-refractivity contribution in [3.8, 4) is 22.3 Å². The molecule has 0 spiro atoms. The Morgan fingerprint density at radius 1 is 0.621 bits per heavy atom. The highest BCUT2D eigenvalue weighted by Gasteiger charge is 2.42. The van der Waals surface area contributed by atoms with E-state index in [1.165, 1.54) is 49.5 Å². The lowest BCUT2D eigenvalue weighted by Crippen LogP contribution is -2.24. The Bertz CT molecular complexity index is 2570. The van der Waals surface area contributed by atoms with Crippen LogP contribution in [-0.2, 0) is 20.4 Å². The van der Waals surface area contributed by atoms with Crippen LogP contribution in [-0.4, -0.2) is 22.7 Å². The Kier molecular flexibility index (Phi) is 9.04. The third-order valence-corrected chi connectivity index (χ3v) is 13.3. The van der Waals surface area contributed by atoms with Gasteiger partial charge in [-0.2, -0.15) is 10.1 Å². The normalized spacial score (nSPS) is 16.2. The Balaban J connectivity index is 1.17. The molecule has 0 saturated heterocycles. The van der Waals surface area contributed by atoms with E-state index in [2.05, 4.69) is 135 Å². The Morgan fingerprint density at radius 3 is 1.57 bits per heavy atom. The minimum Gasteiger partial charge on any atom is -0.476 e. The van der Waals surface area contributed by atoms with Gasteiger partial charge in [0, 0.05) is 27.9 Å². The standard InChI is InChI=1S/C52H47N3O3/c1-6-51(7-2)44-16-12-10-14-39(44)41-28-26-37(31-46(41)51)54(38-27-29-42-40-15-11-13-17-45(40)52(8-3,9-4)47(42)32-38)35-24-20-34(21-25-35)30-43-48(50(57)58)53-55(49(43)56)36-22-18-33(5)19-23-36/h10-32H,6-9H2,1-5H3,(H,57,58). The highest BCUT2D eigenvalue weighted by atomic mass is 16.4. The second-order valence-corrected chi connectivity index (χ2v) is 15.8. The molecule has 6 aromatic carbocycles. The summed E-state index contributed by atoms with van der Waals surface area (Å²) >= 11 is 0. The first-order valence-corrected chi connectivity index (χ1v) is 20.5. The number of aliphatic carboxylic acids is 1. The van der Waals surface area contributed by atoms with Crippen LogP contribution in [0, 0.1) is 6.92 Å². The minimum absolute atomic E-state index is 0.0417. The van der Waals surface area contributed by atoms with E-state index in [1.54, 1.807) is 18.2 Å². The third kappa shape index (κ3) is 5.49. The van der Waals surface area contributed by atoms with Crippen molar-refractivity contribution in [2.75, 3.05) is 9.91 Å². The molecular weight excluding hydrogens is 715 g/mol. The first kappa shape index (κ1) is 37.1. The van der Waals surface area contributed by atoms with Crippen LogP contribution in [0.5, 0.6) is 0 Å². The van der Waals surface area contributed by atoms with Gasteiger partial charge in [0.25, 0.3) is 5.91 Å². The Labute approximate surface area is 340 Å². The summed E-state index contributed by atoms with van der Waals surface area (Å²) in [5.74, 6) is -1.73. The highest BCUT2D eigenvalue weighted by Crippen LogP contribution is 2.56. The minimum atomic E-state index is -1.25. The summed E-state index contributed by atoms with van der Waals surface area (Å²) in [6.45, 7) is 11.2. The summed E-state index contributed by atoms with van der Waals surface area (Å²) < 4.78 is 0. The lowest BCUT2D eigenvalue weighted by atomic mass is 9.73. The van der Waals surface area contributed by atoms with Crippen molar-refractivity contribution in [3.63, 3.8) is 0 Å². The van der Waals surface area contributed by atoms with E-state index >= 15 is 0 Å². The van der Waals surface area contributed by atoms with Gasteiger partial charge < -0.3 is 10.0 Å². The molecular formula is C52H47N3O3. The SMILES string of the molecule is CCC1(CC)c2ccccc2-c2ccc(N(c3ccc(C=C4C(=O)N(c5ccc(C)cc5)N=C4C(=O)O)cc3)c3ccc4c(c3)C(CC)(CC)c3ccccc3-4)cc21. The Hall–Kier alpha value is -6.53. The first-order chi connectivity index (χ1) is 28.2. The molecule has 6 nitrogen and oxygen atoms in total. The average Bonchev–Trinajstić information content (AvgIpc) is 3.84. The number of hydrogen-bond donors (Lipinski definition) is 1. The molecule has 1 heterocycles. The maximum atomic E-state index is 13.7. The molecule has 0 unspecified atom stereocenters. The number of rotatable bonds is 10. The predicted octanol–water partition coefficient (Wildman–Crippen LogP) is 12.5. The molecule has 0 saturated carbocycles. The third-order valence-electron chi connectivity index (χ3n) is 13.3. The number of aryl methyl sites for hydroxylation is 1. The van der Waals surface area contributed by atoms with Crippen molar-refractivity contribution in [3.05, 3.63) is 172 Å². The molecule has 6 aromatic rings. The van der Waals surface area contributed by atoms with Crippen LogP contribution in [0.25, 0.3) is 28.3 Å². The monoisotopic (exact) mass is 761 g/mol. The van der Waals surface area contributed by atoms with Crippen LogP contribution in [0.1, 0.15) is 86.8 Å². The van der Waals surface area contributed by atoms with Gasteiger partial charge in [-0.15, -0.1) is 0 Å². The molecule has 288 valence electrons. The van der Waals surface area contributed by atoms with Gasteiger partial charge in [0.2, 0.25) is 0 Å². The fourth-order valence-electron chi connectivity index (χ4n) is 10.1. The fraction of sp³-hybridized carbons (Fsp3) is 0.212. The largest absolute Gasteiger partial charge is 0.476 e. The quantitative estimate of drug-likeness (QED) is 0.141. The summed E-state index contributed by atoms with van der Waals surface area (Å²) in [5.41, 5.74) is 15.6. The first-order valence-electron chi connectivity index (χ1n) is 20.5. The highest BCUT2D eigenvalue weighted by molar-refractivity contribution is 6.53. The molecule has 2 aliphatic carbocycles. The summed E-state index contributed by atoms with van der Waals surface area (Å²) in [4.78, 5) is 28.4. The summed E-state index contributed by atoms with van der Waals surface area (Å²) in [6, 6.07) is 46.9. The molecule has 0 atom stereocenters. The number of carbonyl (C=O) groups is 2. The van der Waals surface area contributed by atoms with Crippen LogP contribution in [0.2, 0.25) is 0 Å². The number of carboxylic acids is 1. The molecule has 1 N–H and O–H groups in total. The second-order valence-electron chi connectivity index (χ2n) is 15.8. The number of fused-ring (bicyclic) bond motifs is 6. The van der Waals surface area contributed by atoms with Gasteiger partial charge in [0.15, 0.2) is 5.71 Å². The lowest BCUT2D eigenvalue weighted by molar-refractivity contribution is -0.129. The zero-order valence-corrected chi connectivity index (χ0v) is 33.7. The number of carboxylic acid groups (broad SMARTS) is 1. The lowest BCUT2D eigenvalue weighted by Gasteiger charge is -2.33. The second kappa shape index (κ2) is 14.1. The van der Waals surface area contributed by atoms with E-state index < -0.39 is 11.9 Å². The number of hydrazone groups is 1. The van der Waals surface area contributed by atoms with Crippen molar-refractivity contribution in [2.24, 2.45) is 5.10 Å². The van der Waals surface area contributed by atoms with Crippen molar-refractivity contribution in [1.82, 2.24) is 0 Å². The smallest absolute Gasteiger partial charge is 0.357 e. The van der Waals surface area contributed by atoms with Crippen molar-refractivity contribution in [2.45, 2.75) is 71.1 Å². The molecule has 0 fully saturated rings. The number of anilines is 4. The van der Waals surface area contributed by atoms with Crippen molar-refractivity contribution < 1.29 is 14.7 Å². The van der Waals surface area contributed by atoms with Crippen molar-refractivity contribution >= 4 is 46.4 Å². The zero-order valence-electron chi connectivity index (χ0n) is 33.7.